The third-order valence-corrected chi connectivity index (χ3v) is 4.59. The van der Waals surface area contributed by atoms with Gasteiger partial charge in [-0.3, -0.25) is 9.48 Å². The maximum atomic E-state index is 12.2. The minimum Gasteiger partial charge on any atom is -0.351 e. The predicted octanol–water partition coefficient (Wildman–Crippen LogP) is 3.38. The first-order valence-electron chi connectivity index (χ1n) is 7.54. The van der Waals surface area contributed by atoms with Crippen LogP contribution in [0.2, 0.25) is 5.02 Å². The number of nitrogens with zero attached hydrogens (tertiary/aromatic N) is 2. The molecule has 3 rings (SSSR count). The highest BCUT2D eigenvalue weighted by molar-refractivity contribution is 6.31. The molecule has 2 atom stereocenters. The summed E-state index contributed by atoms with van der Waals surface area (Å²) in [4.78, 5) is 12.2. The van der Waals surface area contributed by atoms with Gasteiger partial charge in [0.05, 0.1) is 11.7 Å². The number of halogens is 1. The average molecular weight is 306 g/mol. The Kier molecular flexibility index (Phi) is 4.15. The molecule has 0 radical (unpaired) electrons. The van der Waals surface area contributed by atoms with E-state index in [9.17, 15) is 4.79 Å². The van der Waals surface area contributed by atoms with E-state index >= 15 is 0 Å². The topological polar surface area (TPSA) is 46.9 Å². The fourth-order valence-corrected chi connectivity index (χ4v) is 3.26. The van der Waals surface area contributed by atoms with Crippen molar-refractivity contribution in [2.45, 2.75) is 45.2 Å². The fraction of sp³-hybridized carbons (Fsp3) is 0.500. The predicted molar refractivity (Wildman–Crippen MR) is 84.3 cm³/mol. The lowest BCUT2D eigenvalue weighted by Gasteiger charge is -2.29. The number of benzene rings is 1. The minimum absolute atomic E-state index is 0.0266. The molecular formula is C16H20ClN3O. The van der Waals surface area contributed by atoms with Crippen LogP contribution in [-0.4, -0.2) is 21.7 Å². The minimum atomic E-state index is 0.0266. The highest BCUT2D eigenvalue weighted by Gasteiger charge is 2.23. The highest BCUT2D eigenvalue weighted by Crippen LogP contribution is 2.24. The zero-order valence-electron chi connectivity index (χ0n) is 12.2. The molecular weight excluding hydrogens is 286 g/mol. The number of hydrogen-bond acceptors (Lipinski definition) is 2. The molecule has 1 fully saturated rings. The van der Waals surface area contributed by atoms with Crippen molar-refractivity contribution < 1.29 is 4.79 Å². The Morgan fingerprint density at radius 1 is 1.43 bits per heavy atom. The zero-order chi connectivity index (χ0) is 14.8. The monoisotopic (exact) mass is 305 g/mol. The number of carbonyl (C=O) groups is 1. The summed E-state index contributed by atoms with van der Waals surface area (Å²) in [6, 6.07) is 5.90. The van der Waals surface area contributed by atoms with E-state index < -0.39 is 0 Å². The maximum Gasteiger partial charge on any atom is 0.241 e. The van der Waals surface area contributed by atoms with Crippen molar-refractivity contribution in [2.24, 2.45) is 5.92 Å². The Labute approximate surface area is 129 Å². The molecule has 112 valence electrons. The maximum absolute atomic E-state index is 12.2. The second-order valence-corrected chi connectivity index (χ2v) is 6.38. The molecule has 1 amide bonds. The summed E-state index contributed by atoms with van der Waals surface area (Å²) >= 11 is 6.02. The molecule has 0 spiro atoms. The van der Waals surface area contributed by atoms with Crippen LogP contribution in [0.3, 0.4) is 0 Å². The lowest BCUT2D eigenvalue weighted by molar-refractivity contribution is -0.123. The van der Waals surface area contributed by atoms with E-state index in [1.54, 1.807) is 10.9 Å². The van der Waals surface area contributed by atoms with Gasteiger partial charge in [0, 0.05) is 16.5 Å². The lowest BCUT2D eigenvalue weighted by atomic mass is 9.86. The first kappa shape index (κ1) is 14.4. The Morgan fingerprint density at radius 2 is 2.24 bits per heavy atom. The first-order valence-corrected chi connectivity index (χ1v) is 7.92. The van der Waals surface area contributed by atoms with Crippen molar-refractivity contribution in [3.63, 3.8) is 0 Å². The van der Waals surface area contributed by atoms with Crippen molar-refractivity contribution in [1.29, 1.82) is 0 Å². The molecule has 0 bridgehead atoms. The van der Waals surface area contributed by atoms with Gasteiger partial charge >= 0.3 is 0 Å². The van der Waals surface area contributed by atoms with Gasteiger partial charge in [-0.1, -0.05) is 31.4 Å². The normalized spacial score (nSPS) is 22.4. The molecule has 1 aromatic carbocycles. The smallest absolute Gasteiger partial charge is 0.241 e. The van der Waals surface area contributed by atoms with E-state index in [-0.39, 0.29) is 12.5 Å². The summed E-state index contributed by atoms with van der Waals surface area (Å²) in [5.41, 5.74) is 0.898. The van der Waals surface area contributed by atoms with Gasteiger partial charge in [-0.2, -0.15) is 5.10 Å². The molecule has 1 aromatic heterocycles. The van der Waals surface area contributed by atoms with Crippen molar-refractivity contribution in [3.05, 3.63) is 29.4 Å². The largest absolute Gasteiger partial charge is 0.351 e. The molecule has 0 unspecified atom stereocenters. The third kappa shape index (κ3) is 3.21. The average Bonchev–Trinajstić information content (AvgIpc) is 2.84. The Hall–Kier alpha value is -1.55. The van der Waals surface area contributed by atoms with Crippen molar-refractivity contribution >= 4 is 28.4 Å². The summed E-state index contributed by atoms with van der Waals surface area (Å²) in [6.45, 7) is 2.46. The van der Waals surface area contributed by atoms with E-state index in [2.05, 4.69) is 17.3 Å². The van der Waals surface area contributed by atoms with Crippen LogP contribution in [0.25, 0.3) is 10.9 Å². The van der Waals surface area contributed by atoms with E-state index in [0.717, 1.165) is 17.3 Å². The molecule has 5 heteroatoms. The van der Waals surface area contributed by atoms with E-state index in [1.165, 1.54) is 19.3 Å². The van der Waals surface area contributed by atoms with E-state index in [0.29, 0.717) is 17.0 Å². The van der Waals surface area contributed by atoms with E-state index in [1.807, 2.05) is 18.2 Å². The molecule has 0 saturated heterocycles. The van der Waals surface area contributed by atoms with Crippen molar-refractivity contribution in [3.8, 4) is 0 Å². The number of fused-ring (bicyclic) bond motifs is 1. The van der Waals surface area contributed by atoms with Crippen LogP contribution in [0.1, 0.15) is 32.6 Å². The second-order valence-electron chi connectivity index (χ2n) is 5.94. The Bertz CT molecular complexity index is 652. The first-order chi connectivity index (χ1) is 10.1. The molecule has 1 N–H and O–H groups in total. The summed E-state index contributed by atoms with van der Waals surface area (Å²) < 4.78 is 1.71. The number of nitrogens with one attached hydrogen (secondary N) is 1. The zero-order valence-corrected chi connectivity index (χ0v) is 12.9. The van der Waals surface area contributed by atoms with Gasteiger partial charge in [-0.15, -0.1) is 0 Å². The van der Waals surface area contributed by atoms with E-state index in [4.69, 9.17) is 11.6 Å². The Balaban J connectivity index is 1.70. The van der Waals surface area contributed by atoms with Crippen LogP contribution in [0.4, 0.5) is 0 Å². The van der Waals surface area contributed by atoms with Crippen LogP contribution >= 0.6 is 11.6 Å². The number of hydrogen-bond donors (Lipinski definition) is 1. The SMILES string of the molecule is C[C@@H]1CCCC[C@@H]1NC(=O)Cn1ncc2ccc(Cl)cc21. The summed E-state index contributed by atoms with van der Waals surface area (Å²) in [5, 5.41) is 9.10. The van der Waals surface area contributed by atoms with Gasteiger partial charge in [-0.25, -0.2) is 0 Å². The highest BCUT2D eigenvalue weighted by atomic mass is 35.5. The molecule has 1 aliphatic carbocycles. The molecule has 21 heavy (non-hydrogen) atoms. The van der Waals surface area contributed by atoms with Crippen LogP contribution in [0.5, 0.6) is 0 Å². The van der Waals surface area contributed by atoms with Crippen LogP contribution in [0, 0.1) is 5.92 Å². The molecule has 2 aromatic rings. The van der Waals surface area contributed by atoms with Crippen LogP contribution in [-0.2, 0) is 11.3 Å². The standard InChI is InChI=1S/C16H20ClN3O/c1-11-4-2-3-5-14(11)19-16(21)10-20-15-8-13(17)7-6-12(15)9-18-20/h6-9,11,14H,2-5,10H2,1H3,(H,19,21)/t11-,14+/m1/s1. The second kappa shape index (κ2) is 6.06. The van der Waals surface area contributed by atoms with Crippen LogP contribution < -0.4 is 5.32 Å². The summed E-state index contributed by atoms with van der Waals surface area (Å²) in [5.74, 6) is 0.588. The van der Waals surface area contributed by atoms with Gasteiger partial charge in [0.1, 0.15) is 6.54 Å². The molecule has 1 heterocycles. The van der Waals surface area contributed by atoms with Gasteiger partial charge in [0.15, 0.2) is 0 Å². The van der Waals surface area contributed by atoms with Gasteiger partial charge < -0.3 is 5.32 Å². The van der Waals surface area contributed by atoms with Crippen LogP contribution in [0.15, 0.2) is 24.4 Å². The van der Waals surface area contributed by atoms with Gasteiger partial charge in [0.2, 0.25) is 5.91 Å². The fourth-order valence-electron chi connectivity index (χ4n) is 3.09. The molecule has 1 aliphatic rings. The number of carbonyl (C=O) groups excluding carboxylic acids is 1. The van der Waals surface area contributed by atoms with Crippen molar-refractivity contribution in [2.75, 3.05) is 0 Å². The quantitative estimate of drug-likeness (QED) is 0.945. The van der Waals surface area contributed by atoms with Gasteiger partial charge in [0.25, 0.3) is 0 Å². The van der Waals surface area contributed by atoms with Gasteiger partial charge in [-0.05, 0) is 37.0 Å². The number of aromatic nitrogens is 2. The number of rotatable bonds is 3. The molecule has 1 saturated carbocycles. The number of amides is 1. The third-order valence-electron chi connectivity index (χ3n) is 4.36. The lowest BCUT2D eigenvalue weighted by Crippen LogP contribution is -2.42. The Morgan fingerprint density at radius 3 is 3.05 bits per heavy atom. The summed E-state index contributed by atoms with van der Waals surface area (Å²) in [6.07, 6.45) is 6.53. The van der Waals surface area contributed by atoms with Crippen molar-refractivity contribution in [1.82, 2.24) is 15.1 Å². The summed E-state index contributed by atoms with van der Waals surface area (Å²) in [7, 11) is 0. The molecule has 4 nitrogen and oxygen atoms in total. The molecule has 0 aliphatic heterocycles.